The van der Waals surface area contributed by atoms with E-state index in [4.69, 9.17) is 11.6 Å². The van der Waals surface area contributed by atoms with Crippen molar-refractivity contribution in [3.63, 3.8) is 0 Å². The monoisotopic (exact) mass is 380 g/mol. The van der Waals surface area contributed by atoms with Gasteiger partial charge < -0.3 is 0 Å². The maximum Gasteiger partial charge on any atom is 0.291 e. The first-order valence-corrected chi connectivity index (χ1v) is 9.19. The smallest absolute Gasteiger partial charge is 0.268 e. The summed E-state index contributed by atoms with van der Waals surface area (Å²) in [4.78, 5) is 12.3. The molecule has 3 rings (SSSR count). The number of hydrogen-bond donors (Lipinski definition) is 1. The quantitative estimate of drug-likeness (QED) is 0.490. The molecular weight excluding hydrogens is 360 g/mol. The normalized spacial score (nSPS) is 11.4. The number of rotatable bonds is 7. The summed E-state index contributed by atoms with van der Waals surface area (Å²) < 4.78 is 1.71. The molecule has 0 unspecified atom stereocenters. The van der Waals surface area contributed by atoms with Gasteiger partial charge >= 0.3 is 0 Å². The van der Waals surface area contributed by atoms with Crippen LogP contribution in [0.1, 0.15) is 35.0 Å². The largest absolute Gasteiger partial charge is 0.291 e. The van der Waals surface area contributed by atoms with Gasteiger partial charge in [0.15, 0.2) is 5.69 Å². The molecule has 0 radical (unpaired) electrons. The summed E-state index contributed by atoms with van der Waals surface area (Å²) in [5, 5.41) is 9.28. The minimum absolute atomic E-state index is 0.316. The van der Waals surface area contributed by atoms with Crippen molar-refractivity contribution in [1.29, 1.82) is 0 Å². The zero-order valence-electron chi connectivity index (χ0n) is 15.1. The number of hydrazone groups is 1. The number of amides is 1. The van der Waals surface area contributed by atoms with Gasteiger partial charge in [0, 0.05) is 23.4 Å². The molecule has 2 aromatic carbocycles. The first-order chi connectivity index (χ1) is 13.1. The Kier molecular flexibility index (Phi) is 6.39. The van der Waals surface area contributed by atoms with Crippen molar-refractivity contribution in [2.75, 3.05) is 0 Å². The minimum atomic E-state index is -0.316. The number of carbonyl (C=O) groups excluding carboxylic acids is 1. The van der Waals surface area contributed by atoms with Gasteiger partial charge in [-0.2, -0.15) is 10.2 Å². The Hall–Kier alpha value is -2.92. The highest BCUT2D eigenvalue weighted by Crippen LogP contribution is 2.11. The highest BCUT2D eigenvalue weighted by atomic mass is 35.5. The van der Waals surface area contributed by atoms with Crippen LogP contribution in [0.4, 0.5) is 0 Å². The summed E-state index contributed by atoms with van der Waals surface area (Å²) in [6.45, 7) is 2.59. The Morgan fingerprint density at radius 1 is 1.07 bits per heavy atom. The molecule has 0 atom stereocenters. The van der Waals surface area contributed by atoms with E-state index in [1.165, 1.54) is 5.56 Å². The highest BCUT2D eigenvalue weighted by molar-refractivity contribution is 6.30. The number of hydrogen-bond acceptors (Lipinski definition) is 3. The van der Waals surface area contributed by atoms with Crippen LogP contribution in [0, 0.1) is 0 Å². The number of carbonyl (C=O) groups is 1. The topological polar surface area (TPSA) is 59.3 Å². The molecule has 0 spiro atoms. The average Bonchev–Trinajstić information content (AvgIpc) is 3.16. The van der Waals surface area contributed by atoms with Crippen molar-refractivity contribution in [2.45, 2.75) is 26.3 Å². The molecular formula is C21H21ClN4O. The fourth-order valence-electron chi connectivity index (χ4n) is 2.61. The van der Waals surface area contributed by atoms with E-state index in [9.17, 15) is 4.79 Å². The third-order valence-corrected chi connectivity index (χ3v) is 4.36. The molecule has 27 heavy (non-hydrogen) atoms. The van der Waals surface area contributed by atoms with Crippen LogP contribution in [-0.4, -0.2) is 21.4 Å². The van der Waals surface area contributed by atoms with Gasteiger partial charge in [0.05, 0.1) is 6.54 Å². The molecule has 0 aliphatic rings. The van der Waals surface area contributed by atoms with Crippen molar-refractivity contribution in [2.24, 2.45) is 5.10 Å². The van der Waals surface area contributed by atoms with Gasteiger partial charge in [-0.3, -0.25) is 9.48 Å². The predicted octanol–water partition coefficient (Wildman–Crippen LogP) is 4.32. The summed E-state index contributed by atoms with van der Waals surface area (Å²) in [7, 11) is 0. The molecule has 0 bridgehead atoms. The van der Waals surface area contributed by atoms with E-state index < -0.39 is 0 Å². The fourth-order valence-corrected chi connectivity index (χ4v) is 2.74. The lowest BCUT2D eigenvalue weighted by Crippen LogP contribution is -2.21. The van der Waals surface area contributed by atoms with Crippen LogP contribution in [0.25, 0.3) is 0 Å². The van der Waals surface area contributed by atoms with Crippen LogP contribution in [0.2, 0.25) is 5.02 Å². The Balaban J connectivity index is 1.60. The van der Waals surface area contributed by atoms with E-state index in [0.717, 1.165) is 17.7 Å². The third-order valence-electron chi connectivity index (χ3n) is 4.11. The number of nitrogens with zero attached hydrogens (tertiary/aromatic N) is 3. The van der Waals surface area contributed by atoms with E-state index in [1.54, 1.807) is 16.9 Å². The maximum absolute atomic E-state index is 12.3. The van der Waals surface area contributed by atoms with E-state index in [2.05, 4.69) is 15.6 Å². The summed E-state index contributed by atoms with van der Waals surface area (Å²) in [6, 6.07) is 19.3. The molecule has 0 saturated heterocycles. The molecule has 0 fully saturated rings. The number of benzene rings is 2. The molecule has 0 saturated carbocycles. The lowest BCUT2D eigenvalue weighted by molar-refractivity contribution is 0.0949. The van der Waals surface area contributed by atoms with Crippen molar-refractivity contribution < 1.29 is 4.79 Å². The molecule has 1 heterocycles. The Morgan fingerprint density at radius 2 is 1.81 bits per heavy atom. The van der Waals surface area contributed by atoms with Gasteiger partial charge in [-0.25, -0.2) is 5.43 Å². The Morgan fingerprint density at radius 3 is 2.52 bits per heavy atom. The average molecular weight is 381 g/mol. The summed E-state index contributed by atoms with van der Waals surface area (Å²) in [5.41, 5.74) is 6.08. The predicted molar refractivity (Wildman–Crippen MR) is 108 cm³/mol. The van der Waals surface area contributed by atoms with Crippen LogP contribution in [0.5, 0.6) is 0 Å². The molecule has 0 aliphatic carbocycles. The second-order valence-corrected chi connectivity index (χ2v) is 6.60. The van der Waals surface area contributed by atoms with Crippen molar-refractivity contribution in [3.8, 4) is 0 Å². The molecule has 5 nitrogen and oxygen atoms in total. The van der Waals surface area contributed by atoms with Crippen LogP contribution in [0.3, 0.4) is 0 Å². The molecule has 3 aromatic rings. The van der Waals surface area contributed by atoms with Gasteiger partial charge in [0.25, 0.3) is 5.91 Å². The molecule has 138 valence electrons. The lowest BCUT2D eigenvalue weighted by Gasteiger charge is -2.05. The van der Waals surface area contributed by atoms with Crippen molar-refractivity contribution in [1.82, 2.24) is 15.2 Å². The maximum atomic E-state index is 12.3. The third kappa shape index (κ3) is 5.53. The number of nitrogens with one attached hydrogen (secondary N) is 1. The Bertz CT molecular complexity index is 917. The van der Waals surface area contributed by atoms with Gasteiger partial charge in [-0.1, -0.05) is 61.0 Å². The standard InChI is InChI=1S/C21H21ClN4O/c1-2-19(14-16-6-4-3-5-7-16)23-24-21(27)20-12-13-26(25-20)15-17-8-10-18(22)11-9-17/h3-13H,2,14-15H2,1H3,(H,24,27)/b23-19-. The van der Waals surface area contributed by atoms with Crippen LogP contribution in [0.15, 0.2) is 72.0 Å². The van der Waals surface area contributed by atoms with Gasteiger partial charge in [0.2, 0.25) is 0 Å². The summed E-state index contributed by atoms with van der Waals surface area (Å²) in [5.74, 6) is -0.316. The zero-order valence-corrected chi connectivity index (χ0v) is 15.9. The number of halogens is 1. The summed E-state index contributed by atoms with van der Waals surface area (Å²) >= 11 is 5.90. The van der Waals surface area contributed by atoms with Crippen LogP contribution >= 0.6 is 11.6 Å². The van der Waals surface area contributed by atoms with Gasteiger partial charge in [0.1, 0.15) is 0 Å². The first-order valence-electron chi connectivity index (χ1n) is 8.81. The summed E-state index contributed by atoms with van der Waals surface area (Å²) in [6.07, 6.45) is 3.25. The SMILES string of the molecule is CC/C(Cc1ccccc1)=N/NC(=O)c1ccn(Cc2ccc(Cl)cc2)n1. The van der Waals surface area contributed by atoms with Crippen LogP contribution < -0.4 is 5.43 Å². The Labute approximate surface area is 163 Å². The van der Waals surface area contributed by atoms with E-state index >= 15 is 0 Å². The van der Waals surface area contributed by atoms with Gasteiger partial charge in [-0.05, 0) is 35.7 Å². The molecule has 1 amide bonds. The molecule has 1 N–H and O–H groups in total. The molecule has 0 aliphatic heterocycles. The second-order valence-electron chi connectivity index (χ2n) is 6.16. The van der Waals surface area contributed by atoms with Gasteiger partial charge in [-0.15, -0.1) is 0 Å². The molecule has 1 aromatic heterocycles. The second kappa shape index (κ2) is 9.14. The van der Waals surface area contributed by atoms with Crippen molar-refractivity contribution in [3.05, 3.63) is 88.7 Å². The minimum Gasteiger partial charge on any atom is -0.268 e. The zero-order chi connectivity index (χ0) is 19.1. The lowest BCUT2D eigenvalue weighted by atomic mass is 10.1. The van der Waals surface area contributed by atoms with E-state index in [1.807, 2.05) is 61.5 Å². The number of aromatic nitrogens is 2. The molecule has 6 heteroatoms. The van der Waals surface area contributed by atoms with Crippen LogP contribution in [-0.2, 0) is 13.0 Å². The van der Waals surface area contributed by atoms with Crippen molar-refractivity contribution >= 4 is 23.2 Å². The van der Waals surface area contributed by atoms with E-state index in [0.29, 0.717) is 23.7 Å². The first kappa shape index (κ1) is 18.9. The fraction of sp³-hybridized carbons (Fsp3) is 0.190. The highest BCUT2D eigenvalue weighted by Gasteiger charge is 2.10. The van der Waals surface area contributed by atoms with E-state index in [-0.39, 0.29) is 5.91 Å².